The molecule has 0 fully saturated rings. The predicted octanol–water partition coefficient (Wildman–Crippen LogP) is 9.36. The second kappa shape index (κ2) is 8.88. The van der Waals surface area contributed by atoms with Crippen LogP contribution in [0.4, 0.5) is 0 Å². The molecule has 3 heterocycles. The first-order valence-electron chi connectivity index (χ1n) is 13.3. The molecule has 0 saturated carbocycles. The summed E-state index contributed by atoms with van der Waals surface area (Å²) < 4.78 is 8.54. The highest BCUT2D eigenvalue weighted by Crippen LogP contribution is 2.38. The average Bonchev–Trinajstić information content (AvgIpc) is 3.45. The summed E-state index contributed by atoms with van der Waals surface area (Å²) >= 11 is 0. The minimum absolute atomic E-state index is 0.351. The summed E-state index contributed by atoms with van der Waals surface area (Å²) in [5, 5.41) is 2.10. The van der Waals surface area contributed by atoms with E-state index in [1.54, 1.807) is 0 Å². The lowest BCUT2D eigenvalue weighted by Crippen LogP contribution is -2.08. The lowest BCUT2D eigenvalue weighted by atomic mass is 9.92. The number of benzene rings is 3. The summed E-state index contributed by atoms with van der Waals surface area (Å²) in [5.74, 6) is 2.05. The van der Waals surface area contributed by atoms with Crippen LogP contribution >= 0.6 is 0 Å². The molecule has 0 N–H and O–H groups in total. The van der Waals surface area contributed by atoms with E-state index in [4.69, 9.17) is 14.4 Å². The number of furan rings is 1. The zero-order chi connectivity index (χ0) is 25.8. The molecule has 0 aliphatic carbocycles. The first-order chi connectivity index (χ1) is 17.8. The molecule has 6 aromatic rings. The third kappa shape index (κ3) is 3.83. The summed E-state index contributed by atoms with van der Waals surface area (Å²) in [6.45, 7) is 13.4. The number of hydrogen-bond acceptors (Lipinski definition) is 3. The second-order valence-corrected chi connectivity index (χ2v) is 10.9. The summed E-state index contributed by atoms with van der Waals surface area (Å²) in [6.07, 6.45) is 0. The van der Waals surface area contributed by atoms with Crippen molar-refractivity contribution >= 4 is 33.1 Å². The van der Waals surface area contributed by atoms with Crippen molar-refractivity contribution in [1.82, 2.24) is 14.5 Å². The smallest absolute Gasteiger partial charge is 0.227 e. The standard InChI is InChI=1S/C33H33N3O/c1-19(2)23-10-9-11-24(20(3)4)31(23)36-29-13-8-7-12-28(29)34-32(36)22-14-17-30-26(18-22)25-15-16-27(21(5)6)35-33(25)37-30/h7-21H,1-6H3. The maximum Gasteiger partial charge on any atom is 0.227 e. The first kappa shape index (κ1) is 23.5. The van der Waals surface area contributed by atoms with Gasteiger partial charge in [0, 0.05) is 22.0 Å². The fourth-order valence-electron chi connectivity index (χ4n) is 5.35. The van der Waals surface area contributed by atoms with Gasteiger partial charge in [0.1, 0.15) is 11.4 Å². The van der Waals surface area contributed by atoms with Gasteiger partial charge < -0.3 is 4.42 Å². The maximum atomic E-state index is 6.17. The molecule has 3 aromatic carbocycles. The zero-order valence-corrected chi connectivity index (χ0v) is 22.4. The molecule has 4 nitrogen and oxygen atoms in total. The first-order valence-corrected chi connectivity index (χ1v) is 13.3. The quantitative estimate of drug-likeness (QED) is 0.243. The van der Waals surface area contributed by atoms with Crippen molar-refractivity contribution in [1.29, 1.82) is 0 Å². The molecular weight excluding hydrogens is 454 g/mol. The van der Waals surface area contributed by atoms with Crippen molar-refractivity contribution in [2.75, 3.05) is 0 Å². The normalized spacial score (nSPS) is 12.2. The number of fused-ring (bicyclic) bond motifs is 4. The molecule has 0 aliphatic heterocycles. The fourth-order valence-corrected chi connectivity index (χ4v) is 5.35. The van der Waals surface area contributed by atoms with Crippen LogP contribution in [0, 0.1) is 0 Å². The monoisotopic (exact) mass is 487 g/mol. The Morgan fingerprint density at radius 1 is 0.676 bits per heavy atom. The van der Waals surface area contributed by atoms with Crippen molar-refractivity contribution < 1.29 is 4.42 Å². The van der Waals surface area contributed by atoms with Crippen LogP contribution < -0.4 is 0 Å². The summed E-state index contributed by atoms with van der Waals surface area (Å²) in [5.41, 5.74) is 9.66. The molecule has 3 aromatic heterocycles. The van der Waals surface area contributed by atoms with E-state index in [9.17, 15) is 0 Å². The van der Waals surface area contributed by atoms with E-state index >= 15 is 0 Å². The van der Waals surface area contributed by atoms with E-state index < -0.39 is 0 Å². The summed E-state index contributed by atoms with van der Waals surface area (Å²) in [7, 11) is 0. The topological polar surface area (TPSA) is 43.9 Å². The highest BCUT2D eigenvalue weighted by molar-refractivity contribution is 6.05. The fraction of sp³-hybridized carbons (Fsp3) is 0.273. The van der Waals surface area contributed by atoms with Gasteiger partial charge in [0.15, 0.2) is 0 Å². The molecule has 0 amide bonds. The molecule has 0 spiro atoms. The lowest BCUT2D eigenvalue weighted by Gasteiger charge is -2.22. The third-order valence-electron chi connectivity index (χ3n) is 7.33. The van der Waals surface area contributed by atoms with Crippen LogP contribution in [0.15, 0.2) is 77.2 Å². The average molecular weight is 488 g/mol. The van der Waals surface area contributed by atoms with Gasteiger partial charge in [-0.25, -0.2) is 9.97 Å². The van der Waals surface area contributed by atoms with Gasteiger partial charge in [-0.05, 0) is 71.3 Å². The molecule has 0 atom stereocenters. The zero-order valence-electron chi connectivity index (χ0n) is 22.4. The van der Waals surface area contributed by atoms with E-state index in [2.05, 4.69) is 119 Å². The molecule has 0 bridgehead atoms. The highest BCUT2D eigenvalue weighted by atomic mass is 16.3. The van der Waals surface area contributed by atoms with Gasteiger partial charge in [-0.15, -0.1) is 0 Å². The number of aromatic nitrogens is 3. The van der Waals surface area contributed by atoms with Gasteiger partial charge in [-0.2, -0.15) is 0 Å². The van der Waals surface area contributed by atoms with Crippen LogP contribution in [0.1, 0.15) is 76.1 Å². The van der Waals surface area contributed by atoms with Crippen molar-refractivity contribution in [2.24, 2.45) is 0 Å². The molecule has 6 rings (SSSR count). The molecular formula is C33H33N3O. The van der Waals surface area contributed by atoms with Crippen LogP contribution in [0.2, 0.25) is 0 Å². The number of pyridine rings is 1. The van der Waals surface area contributed by atoms with E-state index in [0.29, 0.717) is 23.5 Å². The van der Waals surface area contributed by atoms with Gasteiger partial charge in [0.05, 0.1) is 16.7 Å². The summed E-state index contributed by atoms with van der Waals surface area (Å²) in [4.78, 5) is 9.97. The van der Waals surface area contributed by atoms with E-state index in [-0.39, 0.29) is 0 Å². The summed E-state index contributed by atoms with van der Waals surface area (Å²) in [6, 6.07) is 25.8. The van der Waals surface area contributed by atoms with Gasteiger partial charge in [-0.1, -0.05) is 71.9 Å². The number of para-hydroxylation sites is 3. The van der Waals surface area contributed by atoms with Crippen LogP contribution in [0.5, 0.6) is 0 Å². The van der Waals surface area contributed by atoms with Crippen LogP contribution in [0.25, 0.3) is 50.2 Å². The van der Waals surface area contributed by atoms with Gasteiger partial charge in [0.2, 0.25) is 5.71 Å². The number of nitrogens with zero attached hydrogens (tertiary/aromatic N) is 3. The van der Waals surface area contributed by atoms with Gasteiger partial charge in [0.25, 0.3) is 0 Å². The number of imidazole rings is 1. The Balaban J connectivity index is 1.66. The highest BCUT2D eigenvalue weighted by Gasteiger charge is 2.22. The molecule has 37 heavy (non-hydrogen) atoms. The number of rotatable bonds is 5. The van der Waals surface area contributed by atoms with Crippen LogP contribution in [-0.4, -0.2) is 14.5 Å². The Hall–Kier alpha value is -3.92. The Morgan fingerprint density at radius 3 is 2.11 bits per heavy atom. The minimum atomic E-state index is 0.351. The van der Waals surface area contributed by atoms with Crippen LogP contribution in [-0.2, 0) is 0 Å². The minimum Gasteiger partial charge on any atom is -0.438 e. The molecule has 0 saturated heterocycles. The number of hydrogen-bond donors (Lipinski definition) is 0. The van der Waals surface area contributed by atoms with Crippen LogP contribution in [0.3, 0.4) is 0 Å². The molecule has 0 radical (unpaired) electrons. The van der Waals surface area contributed by atoms with E-state index in [1.807, 2.05) is 0 Å². The van der Waals surface area contributed by atoms with Crippen molar-refractivity contribution in [2.45, 2.75) is 59.3 Å². The maximum absolute atomic E-state index is 6.17. The largest absolute Gasteiger partial charge is 0.438 e. The van der Waals surface area contributed by atoms with Crippen molar-refractivity contribution in [3.63, 3.8) is 0 Å². The Labute approximate surface area is 218 Å². The molecule has 0 aliphatic rings. The van der Waals surface area contributed by atoms with Crippen molar-refractivity contribution in [3.8, 4) is 17.1 Å². The lowest BCUT2D eigenvalue weighted by molar-refractivity contribution is 0.647. The Morgan fingerprint density at radius 2 is 1.41 bits per heavy atom. The molecule has 4 heteroatoms. The van der Waals surface area contributed by atoms with Crippen molar-refractivity contribution in [3.05, 3.63) is 89.6 Å². The SMILES string of the molecule is CC(C)c1ccc2c(n1)oc1ccc(-c3nc4ccccc4n3-c3c(C(C)C)cccc3C(C)C)cc12. The second-order valence-electron chi connectivity index (χ2n) is 10.9. The Kier molecular flexibility index (Phi) is 5.63. The van der Waals surface area contributed by atoms with Gasteiger partial charge in [-0.3, -0.25) is 4.57 Å². The molecule has 0 unspecified atom stereocenters. The molecule has 186 valence electrons. The van der Waals surface area contributed by atoms with Gasteiger partial charge >= 0.3 is 0 Å². The Bertz CT molecular complexity index is 1740. The third-order valence-corrected chi connectivity index (χ3v) is 7.33. The predicted molar refractivity (Wildman–Crippen MR) is 154 cm³/mol. The van der Waals surface area contributed by atoms with E-state index in [1.165, 1.54) is 16.8 Å². The van der Waals surface area contributed by atoms with E-state index in [0.717, 1.165) is 44.5 Å².